The molecule has 1 aliphatic rings. The first kappa shape index (κ1) is 16.3. The first-order valence-corrected chi connectivity index (χ1v) is 8.64. The molecule has 0 atom stereocenters. The fourth-order valence-corrected chi connectivity index (χ4v) is 3.20. The number of aryl methyl sites for hydroxylation is 1. The molecule has 7 nitrogen and oxygen atoms in total. The Morgan fingerprint density at radius 1 is 1.23 bits per heavy atom. The van der Waals surface area contributed by atoms with Crippen molar-refractivity contribution in [1.82, 2.24) is 24.4 Å². The van der Waals surface area contributed by atoms with Crippen molar-refractivity contribution in [1.29, 1.82) is 0 Å². The highest BCUT2D eigenvalue weighted by Crippen LogP contribution is 2.18. The molecule has 0 bridgehead atoms. The number of amides is 1. The van der Waals surface area contributed by atoms with E-state index in [4.69, 9.17) is 0 Å². The van der Waals surface area contributed by atoms with Gasteiger partial charge in [0.2, 0.25) is 0 Å². The number of fused-ring (bicyclic) bond motifs is 1. The number of aromatic nitrogens is 4. The summed E-state index contributed by atoms with van der Waals surface area (Å²) in [5.41, 5.74) is 2.76. The molecule has 3 aromatic rings. The maximum atomic E-state index is 12.8. The fourth-order valence-electron chi connectivity index (χ4n) is 3.20. The highest BCUT2D eigenvalue weighted by molar-refractivity contribution is 5.92. The summed E-state index contributed by atoms with van der Waals surface area (Å²) in [6, 6.07) is 9.66. The maximum Gasteiger partial charge on any atom is 0.272 e. The zero-order valence-corrected chi connectivity index (χ0v) is 14.5. The Labute approximate surface area is 150 Å². The molecule has 0 saturated carbocycles. The number of aromatic amines is 1. The number of nitrogens with one attached hydrogen (secondary N) is 1. The summed E-state index contributed by atoms with van der Waals surface area (Å²) in [6.45, 7) is 3.35. The fraction of sp³-hybridized carbons (Fsp3) is 0.263. The second-order valence-electron chi connectivity index (χ2n) is 6.25. The zero-order chi connectivity index (χ0) is 18.1. The van der Waals surface area contributed by atoms with Crippen molar-refractivity contribution in [3.8, 4) is 11.4 Å². The van der Waals surface area contributed by atoms with Gasteiger partial charge in [-0.15, -0.1) is 0 Å². The van der Waals surface area contributed by atoms with E-state index in [9.17, 15) is 9.59 Å². The lowest BCUT2D eigenvalue weighted by Gasteiger charge is -2.27. The first-order chi connectivity index (χ1) is 12.7. The van der Waals surface area contributed by atoms with Gasteiger partial charge in [-0.2, -0.15) is 0 Å². The lowest BCUT2D eigenvalue weighted by atomic mass is 10.1. The number of hydrogen-bond acceptors (Lipinski definition) is 4. The Morgan fingerprint density at radius 3 is 2.81 bits per heavy atom. The van der Waals surface area contributed by atoms with Crippen molar-refractivity contribution in [2.24, 2.45) is 0 Å². The lowest BCUT2D eigenvalue weighted by Crippen LogP contribution is -2.40. The third kappa shape index (κ3) is 2.81. The summed E-state index contributed by atoms with van der Waals surface area (Å²) in [5, 5.41) is 0. The number of carbonyl (C=O) groups is 1. The largest absolute Gasteiger partial charge is 0.334 e. The van der Waals surface area contributed by atoms with Gasteiger partial charge in [-0.25, -0.2) is 9.97 Å². The summed E-state index contributed by atoms with van der Waals surface area (Å²) in [6.07, 6.45) is 3.63. The SMILES string of the molecule is CCn1cnc2c(c1=O)CCN(C(=O)c1cnc(-c3ccccc3)[nH]1)C2. The Balaban J connectivity index is 1.56. The maximum absolute atomic E-state index is 12.8. The van der Waals surface area contributed by atoms with Crippen LogP contribution in [-0.2, 0) is 19.5 Å². The van der Waals surface area contributed by atoms with Crippen molar-refractivity contribution in [3.63, 3.8) is 0 Å². The van der Waals surface area contributed by atoms with Crippen molar-refractivity contribution in [2.75, 3.05) is 6.54 Å². The molecular weight excluding hydrogens is 330 g/mol. The molecule has 3 heterocycles. The van der Waals surface area contributed by atoms with Crippen molar-refractivity contribution < 1.29 is 4.79 Å². The number of carbonyl (C=O) groups excluding carboxylic acids is 1. The Kier molecular flexibility index (Phi) is 4.12. The molecule has 26 heavy (non-hydrogen) atoms. The number of imidazole rings is 1. The van der Waals surface area contributed by atoms with Crippen molar-refractivity contribution in [2.45, 2.75) is 26.4 Å². The van der Waals surface area contributed by atoms with Gasteiger partial charge in [-0.3, -0.25) is 14.2 Å². The molecule has 0 aliphatic carbocycles. The molecule has 0 unspecified atom stereocenters. The highest BCUT2D eigenvalue weighted by Gasteiger charge is 2.26. The Bertz CT molecular complexity index is 1010. The molecule has 0 fully saturated rings. The molecular formula is C19H19N5O2. The zero-order valence-electron chi connectivity index (χ0n) is 14.5. The van der Waals surface area contributed by atoms with Crippen molar-refractivity contribution in [3.05, 3.63) is 70.2 Å². The minimum Gasteiger partial charge on any atom is -0.334 e. The van der Waals surface area contributed by atoms with E-state index in [2.05, 4.69) is 15.0 Å². The highest BCUT2D eigenvalue weighted by atomic mass is 16.2. The third-order valence-corrected chi connectivity index (χ3v) is 4.67. The summed E-state index contributed by atoms with van der Waals surface area (Å²) in [5.74, 6) is 0.530. The molecule has 1 aromatic carbocycles. The van der Waals surface area contributed by atoms with E-state index < -0.39 is 0 Å². The molecule has 2 aromatic heterocycles. The molecule has 0 radical (unpaired) electrons. The van der Waals surface area contributed by atoms with Gasteiger partial charge in [0.15, 0.2) is 0 Å². The van der Waals surface area contributed by atoms with E-state index in [1.54, 1.807) is 22.0 Å². The summed E-state index contributed by atoms with van der Waals surface area (Å²) in [4.78, 5) is 38.6. The van der Waals surface area contributed by atoms with Gasteiger partial charge in [-0.05, 0) is 13.3 Å². The van der Waals surface area contributed by atoms with Gasteiger partial charge in [-0.1, -0.05) is 30.3 Å². The molecule has 132 valence electrons. The van der Waals surface area contributed by atoms with Gasteiger partial charge >= 0.3 is 0 Å². The average Bonchev–Trinajstić information content (AvgIpc) is 3.18. The van der Waals surface area contributed by atoms with Gasteiger partial charge in [0.25, 0.3) is 11.5 Å². The predicted molar refractivity (Wildman–Crippen MR) is 96.6 cm³/mol. The molecule has 4 rings (SSSR count). The topological polar surface area (TPSA) is 83.9 Å². The normalized spacial score (nSPS) is 13.5. The van der Waals surface area contributed by atoms with Crippen LogP contribution in [0, 0.1) is 0 Å². The van der Waals surface area contributed by atoms with Gasteiger partial charge < -0.3 is 9.88 Å². The summed E-state index contributed by atoms with van der Waals surface area (Å²) < 4.78 is 1.59. The van der Waals surface area contributed by atoms with E-state index in [-0.39, 0.29) is 11.5 Å². The molecule has 0 spiro atoms. The Hall–Kier alpha value is -3.22. The molecule has 0 saturated heterocycles. The average molecular weight is 349 g/mol. The van der Waals surface area contributed by atoms with Crippen LogP contribution in [0.3, 0.4) is 0 Å². The third-order valence-electron chi connectivity index (χ3n) is 4.67. The van der Waals surface area contributed by atoms with Crippen LogP contribution in [0.5, 0.6) is 0 Å². The molecule has 1 aliphatic heterocycles. The molecule has 1 N–H and O–H groups in total. The van der Waals surface area contributed by atoms with E-state index in [0.29, 0.717) is 48.8 Å². The number of nitrogens with zero attached hydrogens (tertiary/aromatic N) is 4. The van der Waals surface area contributed by atoms with Crippen LogP contribution in [0.2, 0.25) is 0 Å². The molecule has 7 heteroatoms. The van der Waals surface area contributed by atoms with Gasteiger partial charge in [0.05, 0.1) is 24.8 Å². The van der Waals surface area contributed by atoms with E-state index in [1.807, 2.05) is 37.3 Å². The van der Waals surface area contributed by atoms with Gasteiger partial charge in [0, 0.05) is 24.2 Å². The van der Waals surface area contributed by atoms with Crippen LogP contribution in [0.25, 0.3) is 11.4 Å². The summed E-state index contributed by atoms with van der Waals surface area (Å²) >= 11 is 0. The van der Waals surface area contributed by atoms with Crippen LogP contribution in [0.1, 0.15) is 28.7 Å². The smallest absolute Gasteiger partial charge is 0.272 e. The van der Waals surface area contributed by atoms with E-state index >= 15 is 0 Å². The second kappa shape index (κ2) is 6.59. The van der Waals surface area contributed by atoms with Crippen LogP contribution < -0.4 is 5.56 Å². The first-order valence-electron chi connectivity index (χ1n) is 8.64. The Morgan fingerprint density at radius 2 is 2.04 bits per heavy atom. The van der Waals surface area contributed by atoms with Crippen LogP contribution in [0.15, 0.2) is 47.7 Å². The second-order valence-corrected chi connectivity index (χ2v) is 6.25. The quantitative estimate of drug-likeness (QED) is 0.782. The van der Waals surface area contributed by atoms with Crippen molar-refractivity contribution >= 4 is 5.91 Å². The predicted octanol–water partition coefficient (Wildman–Crippen LogP) is 1.85. The number of rotatable bonds is 3. The monoisotopic (exact) mass is 349 g/mol. The van der Waals surface area contributed by atoms with E-state index in [0.717, 1.165) is 5.56 Å². The number of hydrogen-bond donors (Lipinski definition) is 1. The van der Waals surface area contributed by atoms with Gasteiger partial charge in [0.1, 0.15) is 11.5 Å². The number of benzene rings is 1. The standard InChI is InChI=1S/C19H19N5O2/c1-2-23-12-21-16-11-24(9-8-14(16)18(23)25)19(26)15-10-20-17(22-15)13-6-4-3-5-7-13/h3-7,10,12H,2,8-9,11H2,1H3,(H,20,22). The lowest BCUT2D eigenvalue weighted by molar-refractivity contribution is 0.0725. The van der Waals surface area contributed by atoms with E-state index in [1.165, 1.54) is 0 Å². The van der Waals surface area contributed by atoms with Crippen LogP contribution in [-0.4, -0.2) is 36.9 Å². The van der Waals surface area contributed by atoms with Crippen LogP contribution >= 0.6 is 0 Å². The summed E-state index contributed by atoms with van der Waals surface area (Å²) in [7, 11) is 0. The molecule has 1 amide bonds. The van der Waals surface area contributed by atoms with Crippen LogP contribution in [0.4, 0.5) is 0 Å². The minimum atomic E-state index is -0.133. The number of H-pyrrole nitrogens is 1. The minimum absolute atomic E-state index is 0.00231.